The fourth-order valence-corrected chi connectivity index (χ4v) is 3.02. The number of guanidine groups is 1. The van der Waals surface area contributed by atoms with Crippen molar-refractivity contribution in [3.63, 3.8) is 0 Å². The van der Waals surface area contributed by atoms with Crippen LogP contribution in [0.2, 0.25) is 0 Å². The van der Waals surface area contributed by atoms with Crippen LogP contribution in [-0.2, 0) is 0 Å². The highest BCUT2D eigenvalue weighted by Gasteiger charge is 2.30. The lowest BCUT2D eigenvalue weighted by Crippen LogP contribution is -2.47. The van der Waals surface area contributed by atoms with E-state index in [9.17, 15) is 4.79 Å². The molecular weight excluding hydrogens is 316 g/mol. The molecule has 2 aliphatic rings. The van der Waals surface area contributed by atoms with Crippen LogP contribution < -0.4 is 10.6 Å². The maximum absolute atomic E-state index is 12.7. The van der Waals surface area contributed by atoms with Crippen LogP contribution >= 0.6 is 0 Å². The van der Waals surface area contributed by atoms with Crippen LogP contribution in [-0.4, -0.2) is 47.7 Å². The minimum Gasteiger partial charge on any atom is -0.373 e. The zero-order chi connectivity index (χ0) is 17.4. The van der Waals surface area contributed by atoms with Crippen molar-refractivity contribution in [2.24, 2.45) is 9.98 Å². The van der Waals surface area contributed by atoms with Gasteiger partial charge in [0.05, 0.1) is 23.5 Å². The standard InChI is InChI=1S/C18H18N6O/c1-11-12(7-8-15(19-2)21-11)17(25)23-18-22-14-6-4-3-5-13(14)16-20-9-10-24(16)18/h3-8H,9-10H2,1-2H3,(H,19,21)(H,22,23,25). The van der Waals surface area contributed by atoms with E-state index in [0.717, 1.165) is 22.9 Å². The third-order valence-corrected chi connectivity index (χ3v) is 4.28. The highest BCUT2D eigenvalue weighted by molar-refractivity contribution is 6.19. The average Bonchev–Trinajstić information content (AvgIpc) is 3.12. The quantitative estimate of drug-likeness (QED) is 0.879. The Kier molecular flexibility index (Phi) is 3.68. The Balaban J connectivity index is 1.66. The summed E-state index contributed by atoms with van der Waals surface area (Å²) in [7, 11) is 1.80. The summed E-state index contributed by atoms with van der Waals surface area (Å²) >= 11 is 0. The topological polar surface area (TPSA) is 82.0 Å². The van der Waals surface area contributed by atoms with Crippen molar-refractivity contribution in [3.8, 4) is 0 Å². The molecule has 0 saturated carbocycles. The number of anilines is 1. The molecule has 0 spiro atoms. The van der Waals surface area contributed by atoms with E-state index < -0.39 is 0 Å². The Morgan fingerprint density at radius 1 is 1.20 bits per heavy atom. The largest absolute Gasteiger partial charge is 0.373 e. The molecule has 0 fully saturated rings. The molecule has 7 nitrogen and oxygen atoms in total. The van der Waals surface area contributed by atoms with Gasteiger partial charge in [0.1, 0.15) is 11.7 Å². The van der Waals surface area contributed by atoms with Crippen molar-refractivity contribution in [1.82, 2.24) is 15.2 Å². The van der Waals surface area contributed by atoms with Crippen molar-refractivity contribution < 1.29 is 4.79 Å². The van der Waals surface area contributed by atoms with Crippen LogP contribution in [0.4, 0.5) is 11.5 Å². The summed E-state index contributed by atoms with van der Waals surface area (Å²) in [5.74, 6) is 1.88. The van der Waals surface area contributed by atoms with E-state index in [-0.39, 0.29) is 5.91 Å². The van der Waals surface area contributed by atoms with Gasteiger partial charge in [0.15, 0.2) is 0 Å². The first-order chi connectivity index (χ1) is 12.2. The van der Waals surface area contributed by atoms with Gasteiger partial charge >= 0.3 is 0 Å². The molecule has 4 rings (SSSR count). The van der Waals surface area contributed by atoms with Crippen LogP contribution in [0, 0.1) is 6.92 Å². The van der Waals surface area contributed by atoms with Crippen molar-refractivity contribution in [1.29, 1.82) is 0 Å². The normalized spacial score (nSPS) is 15.0. The lowest BCUT2D eigenvalue weighted by Gasteiger charge is -2.27. The summed E-state index contributed by atoms with van der Waals surface area (Å²) in [4.78, 5) is 28.2. The fraction of sp³-hybridized carbons (Fsp3) is 0.222. The molecular formula is C18H18N6O. The molecule has 3 heterocycles. The number of hydrogen-bond donors (Lipinski definition) is 2. The molecule has 2 N–H and O–H groups in total. The van der Waals surface area contributed by atoms with Gasteiger partial charge in [-0.15, -0.1) is 0 Å². The molecule has 25 heavy (non-hydrogen) atoms. The van der Waals surface area contributed by atoms with Crippen molar-refractivity contribution in [2.75, 3.05) is 25.5 Å². The lowest BCUT2D eigenvalue weighted by molar-refractivity contribution is 0.0973. The minimum absolute atomic E-state index is 0.225. The van der Waals surface area contributed by atoms with E-state index in [4.69, 9.17) is 0 Å². The smallest absolute Gasteiger partial charge is 0.259 e. The van der Waals surface area contributed by atoms with E-state index >= 15 is 0 Å². The van der Waals surface area contributed by atoms with Gasteiger partial charge in [0.25, 0.3) is 5.91 Å². The number of nitrogens with zero attached hydrogens (tertiary/aromatic N) is 4. The highest BCUT2D eigenvalue weighted by atomic mass is 16.1. The summed E-state index contributed by atoms with van der Waals surface area (Å²) in [5.41, 5.74) is 3.00. The van der Waals surface area contributed by atoms with Gasteiger partial charge in [-0.1, -0.05) is 12.1 Å². The summed E-state index contributed by atoms with van der Waals surface area (Å²) in [5, 5.41) is 5.89. The molecule has 1 amide bonds. The van der Waals surface area contributed by atoms with E-state index in [0.29, 0.717) is 30.3 Å². The van der Waals surface area contributed by atoms with Gasteiger partial charge in [-0.3, -0.25) is 20.0 Å². The molecule has 0 aliphatic carbocycles. The predicted molar refractivity (Wildman–Crippen MR) is 97.6 cm³/mol. The van der Waals surface area contributed by atoms with Gasteiger partial charge in [-0.05, 0) is 31.2 Å². The Morgan fingerprint density at radius 3 is 2.84 bits per heavy atom. The number of aliphatic imine (C=N–C) groups is 2. The number of amides is 1. The first kappa shape index (κ1) is 15.3. The van der Waals surface area contributed by atoms with Gasteiger partial charge in [-0.25, -0.2) is 9.98 Å². The molecule has 0 saturated heterocycles. The van der Waals surface area contributed by atoms with Gasteiger partial charge in [0, 0.05) is 19.2 Å². The number of benzene rings is 1. The molecule has 0 bridgehead atoms. The van der Waals surface area contributed by atoms with Crippen LogP contribution in [0.1, 0.15) is 21.6 Å². The Hall–Kier alpha value is -3.22. The van der Waals surface area contributed by atoms with Gasteiger partial charge < -0.3 is 5.32 Å². The van der Waals surface area contributed by atoms with E-state index in [2.05, 4.69) is 25.6 Å². The molecule has 0 radical (unpaired) electrons. The van der Waals surface area contributed by atoms with Crippen LogP contribution in [0.15, 0.2) is 46.4 Å². The molecule has 1 aromatic carbocycles. The SMILES string of the molecule is CNc1ccc(C(=O)NC2=Nc3ccccc3C3=NCCN23)c(C)n1. The second-order valence-electron chi connectivity index (χ2n) is 5.84. The maximum Gasteiger partial charge on any atom is 0.259 e. The van der Waals surface area contributed by atoms with E-state index in [1.165, 1.54) is 0 Å². The Labute approximate surface area is 145 Å². The molecule has 0 unspecified atom stereocenters. The van der Waals surface area contributed by atoms with Crippen LogP contribution in [0.25, 0.3) is 0 Å². The number of hydrogen-bond acceptors (Lipinski definition) is 6. The Bertz CT molecular complexity index is 918. The number of rotatable bonds is 2. The second-order valence-corrected chi connectivity index (χ2v) is 5.84. The highest BCUT2D eigenvalue weighted by Crippen LogP contribution is 2.27. The van der Waals surface area contributed by atoms with Crippen molar-refractivity contribution in [2.45, 2.75) is 6.92 Å². The zero-order valence-corrected chi connectivity index (χ0v) is 14.1. The summed E-state index contributed by atoms with van der Waals surface area (Å²) in [6, 6.07) is 11.4. The molecule has 2 aliphatic heterocycles. The van der Waals surface area contributed by atoms with Gasteiger partial charge in [0.2, 0.25) is 5.96 Å². The average molecular weight is 334 g/mol. The number of aryl methyl sites for hydroxylation is 1. The molecule has 0 atom stereocenters. The van der Waals surface area contributed by atoms with E-state index in [1.807, 2.05) is 36.1 Å². The van der Waals surface area contributed by atoms with Gasteiger partial charge in [-0.2, -0.15) is 0 Å². The molecule has 2 aromatic rings. The number of carbonyl (C=O) groups is 1. The van der Waals surface area contributed by atoms with Crippen LogP contribution in [0.5, 0.6) is 0 Å². The monoisotopic (exact) mass is 334 g/mol. The summed E-state index contributed by atoms with van der Waals surface area (Å²) in [6.45, 7) is 3.21. The number of nitrogens with one attached hydrogen (secondary N) is 2. The summed E-state index contributed by atoms with van der Waals surface area (Å²) < 4.78 is 0. The third-order valence-electron chi connectivity index (χ3n) is 4.28. The summed E-state index contributed by atoms with van der Waals surface area (Å²) in [6.07, 6.45) is 0. The zero-order valence-electron chi connectivity index (χ0n) is 14.1. The Morgan fingerprint density at radius 2 is 2.04 bits per heavy atom. The van der Waals surface area contributed by atoms with Crippen molar-refractivity contribution in [3.05, 3.63) is 53.2 Å². The molecule has 1 aromatic heterocycles. The van der Waals surface area contributed by atoms with E-state index in [1.54, 1.807) is 19.2 Å². The number of amidine groups is 1. The first-order valence-electron chi connectivity index (χ1n) is 8.14. The first-order valence-corrected chi connectivity index (χ1v) is 8.14. The third kappa shape index (κ3) is 2.63. The number of fused-ring (bicyclic) bond motifs is 3. The fourth-order valence-electron chi connectivity index (χ4n) is 3.02. The van der Waals surface area contributed by atoms with Crippen molar-refractivity contribution >= 4 is 29.2 Å². The molecule has 126 valence electrons. The predicted octanol–water partition coefficient (Wildman–Crippen LogP) is 1.93. The molecule has 7 heteroatoms. The number of pyridine rings is 1. The van der Waals surface area contributed by atoms with Crippen LogP contribution in [0.3, 0.4) is 0 Å². The number of carbonyl (C=O) groups excluding carboxylic acids is 1. The minimum atomic E-state index is -0.225. The lowest BCUT2D eigenvalue weighted by atomic mass is 10.1. The maximum atomic E-state index is 12.7. The number of aromatic nitrogens is 1. The number of para-hydroxylation sites is 1. The second kappa shape index (κ2) is 6.01.